The molecule has 1 fully saturated rings. The number of carbonyl (C=O) groups excluding carboxylic acids is 1. The van der Waals surface area contributed by atoms with Gasteiger partial charge in [0.2, 0.25) is 5.91 Å². The van der Waals surface area contributed by atoms with Gasteiger partial charge in [-0.3, -0.25) is 14.8 Å². The van der Waals surface area contributed by atoms with Crippen molar-refractivity contribution in [1.82, 2.24) is 20.4 Å². The molecule has 0 radical (unpaired) electrons. The Morgan fingerprint density at radius 1 is 1.54 bits per heavy atom. The van der Waals surface area contributed by atoms with Crippen molar-refractivity contribution in [2.45, 2.75) is 32.2 Å². The largest absolute Gasteiger partial charge is 0.422 e. The van der Waals surface area contributed by atoms with E-state index < -0.39 is 5.92 Å². The van der Waals surface area contributed by atoms with E-state index in [9.17, 15) is 4.79 Å². The van der Waals surface area contributed by atoms with Crippen LogP contribution in [-0.2, 0) is 4.79 Å². The summed E-state index contributed by atoms with van der Waals surface area (Å²) in [4.78, 5) is 16.5. The Morgan fingerprint density at radius 2 is 2.42 bits per heavy atom. The molecule has 3 heterocycles. The first-order chi connectivity index (χ1) is 11.7. The summed E-state index contributed by atoms with van der Waals surface area (Å²) in [6.45, 7) is 3.76. The lowest BCUT2D eigenvalue weighted by Gasteiger charge is -2.23. The average Bonchev–Trinajstić information content (AvgIpc) is 3.06. The zero-order valence-corrected chi connectivity index (χ0v) is 13.7. The Balaban J connectivity index is 1.70. The van der Waals surface area contributed by atoms with E-state index in [0.29, 0.717) is 23.9 Å². The van der Waals surface area contributed by atoms with Gasteiger partial charge in [0.15, 0.2) is 5.75 Å². The number of aliphatic imine (C=N–C) groups is 1. The molecular weight excluding hydrogens is 308 g/mol. The number of ether oxygens (including phenoxy) is 1. The molecule has 1 aromatic heterocycles. The van der Waals surface area contributed by atoms with Crippen LogP contribution in [0.2, 0.25) is 0 Å². The molecular formula is C16H22N6O2. The Morgan fingerprint density at radius 3 is 3.12 bits per heavy atom. The highest BCUT2D eigenvalue weighted by Gasteiger charge is 2.28. The van der Waals surface area contributed by atoms with E-state index in [0.717, 1.165) is 25.9 Å². The maximum absolute atomic E-state index is 12.2. The third-order valence-electron chi connectivity index (χ3n) is 4.22. The first-order valence-electron chi connectivity index (χ1n) is 8.18. The number of nitrogens with one attached hydrogen (secondary N) is 3. The van der Waals surface area contributed by atoms with Crippen LogP contribution in [0.25, 0.3) is 0 Å². The monoisotopic (exact) mass is 330 g/mol. The molecule has 0 bridgehead atoms. The second-order valence-corrected chi connectivity index (χ2v) is 5.87. The van der Waals surface area contributed by atoms with E-state index in [2.05, 4.69) is 20.7 Å². The highest BCUT2D eigenvalue weighted by atomic mass is 16.5. The fraction of sp³-hybridized carbons (Fsp3) is 0.500. The molecule has 128 valence electrons. The molecule has 2 aliphatic rings. The van der Waals surface area contributed by atoms with Crippen LogP contribution in [0.4, 0.5) is 0 Å². The van der Waals surface area contributed by atoms with Crippen LogP contribution >= 0.6 is 0 Å². The van der Waals surface area contributed by atoms with Gasteiger partial charge in [-0.2, -0.15) is 5.10 Å². The lowest BCUT2D eigenvalue weighted by molar-refractivity contribution is -0.122. The summed E-state index contributed by atoms with van der Waals surface area (Å²) >= 11 is 0. The van der Waals surface area contributed by atoms with E-state index >= 15 is 0 Å². The summed E-state index contributed by atoms with van der Waals surface area (Å²) in [5.74, 6) is -0.100. The molecule has 0 spiro atoms. The van der Waals surface area contributed by atoms with Crippen molar-refractivity contribution in [1.29, 1.82) is 5.41 Å². The number of amidine groups is 1. The van der Waals surface area contributed by atoms with Crippen molar-refractivity contribution in [2.24, 2.45) is 10.9 Å². The Labute approximate surface area is 140 Å². The lowest BCUT2D eigenvalue weighted by Crippen LogP contribution is -2.43. The van der Waals surface area contributed by atoms with Crippen molar-refractivity contribution < 1.29 is 9.53 Å². The SMILES string of the molecule is C/C=C1/N=C(Oc2cnn([C@H]3CCCNC3)c2)NC(=O)C1CC=N. The standard InChI is InChI=1S/C16H22N6O2/c1-2-14-13(5-6-17)15(23)21-16(20-14)24-12-9-19-22(10-12)11-4-3-7-18-8-11/h2,6,9-11,13,17-18H,3-5,7-8H2,1H3,(H,20,21,23)/b14-2+,17-6?/t11-,13?/m0/s1. The van der Waals surface area contributed by atoms with Gasteiger partial charge >= 0.3 is 6.02 Å². The van der Waals surface area contributed by atoms with Crippen LogP contribution in [-0.4, -0.2) is 41.0 Å². The summed E-state index contributed by atoms with van der Waals surface area (Å²) in [5, 5.41) is 17.5. The van der Waals surface area contributed by atoms with Gasteiger partial charge in [0.05, 0.1) is 30.1 Å². The number of rotatable bonds is 4. The third kappa shape index (κ3) is 3.53. The molecule has 0 aromatic carbocycles. The number of amides is 1. The van der Waals surface area contributed by atoms with Crippen molar-refractivity contribution in [3.05, 3.63) is 24.2 Å². The predicted molar refractivity (Wildman–Crippen MR) is 90.2 cm³/mol. The molecule has 8 nitrogen and oxygen atoms in total. The minimum atomic E-state index is -0.434. The van der Waals surface area contributed by atoms with Crippen LogP contribution in [0.1, 0.15) is 32.2 Å². The maximum Gasteiger partial charge on any atom is 0.302 e. The van der Waals surface area contributed by atoms with Gasteiger partial charge in [-0.1, -0.05) is 6.08 Å². The second-order valence-electron chi connectivity index (χ2n) is 5.87. The van der Waals surface area contributed by atoms with Gasteiger partial charge in [0.1, 0.15) is 0 Å². The maximum atomic E-state index is 12.2. The number of nitrogens with zero attached hydrogens (tertiary/aromatic N) is 3. The van der Waals surface area contributed by atoms with Crippen molar-refractivity contribution >= 4 is 18.1 Å². The second kappa shape index (κ2) is 7.39. The molecule has 24 heavy (non-hydrogen) atoms. The molecule has 2 atom stereocenters. The van der Waals surface area contributed by atoms with E-state index in [1.165, 1.54) is 6.21 Å². The molecule has 1 saturated heterocycles. The van der Waals surface area contributed by atoms with Crippen LogP contribution < -0.4 is 15.4 Å². The fourth-order valence-corrected chi connectivity index (χ4v) is 2.95. The molecule has 3 N–H and O–H groups in total. The van der Waals surface area contributed by atoms with Crippen molar-refractivity contribution in [2.75, 3.05) is 13.1 Å². The van der Waals surface area contributed by atoms with Crippen LogP contribution in [0.15, 0.2) is 29.2 Å². The number of aromatic nitrogens is 2. The number of piperidine rings is 1. The zero-order chi connectivity index (χ0) is 16.9. The average molecular weight is 330 g/mol. The normalized spacial score (nSPS) is 26.0. The van der Waals surface area contributed by atoms with Gasteiger partial charge in [0.25, 0.3) is 0 Å². The molecule has 1 amide bonds. The summed E-state index contributed by atoms with van der Waals surface area (Å²) in [6, 6.07) is 0.470. The van der Waals surface area contributed by atoms with Crippen LogP contribution in [0, 0.1) is 11.3 Å². The van der Waals surface area contributed by atoms with Crippen molar-refractivity contribution in [3.63, 3.8) is 0 Å². The van der Waals surface area contributed by atoms with Gasteiger partial charge in [-0.25, -0.2) is 4.99 Å². The highest BCUT2D eigenvalue weighted by Crippen LogP contribution is 2.22. The molecule has 0 aliphatic carbocycles. The lowest BCUT2D eigenvalue weighted by atomic mass is 10.00. The Kier molecular flexibility index (Phi) is 5.05. The summed E-state index contributed by atoms with van der Waals surface area (Å²) in [6.07, 6.45) is 8.98. The summed E-state index contributed by atoms with van der Waals surface area (Å²) in [7, 11) is 0. The highest BCUT2D eigenvalue weighted by molar-refractivity contribution is 6.01. The minimum absolute atomic E-state index is 0.149. The number of allylic oxidation sites excluding steroid dienone is 1. The van der Waals surface area contributed by atoms with E-state index in [4.69, 9.17) is 10.1 Å². The molecule has 0 saturated carbocycles. The predicted octanol–water partition coefficient (Wildman–Crippen LogP) is 1.23. The van der Waals surface area contributed by atoms with Gasteiger partial charge < -0.3 is 15.5 Å². The van der Waals surface area contributed by atoms with Gasteiger partial charge in [-0.05, 0) is 38.9 Å². The van der Waals surface area contributed by atoms with Crippen LogP contribution in [0.5, 0.6) is 5.75 Å². The van der Waals surface area contributed by atoms with Crippen molar-refractivity contribution in [3.8, 4) is 5.75 Å². The van der Waals surface area contributed by atoms with Gasteiger partial charge in [-0.15, -0.1) is 0 Å². The minimum Gasteiger partial charge on any atom is -0.422 e. The molecule has 3 rings (SSSR count). The first-order valence-corrected chi connectivity index (χ1v) is 8.18. The van der Waals surface area contributed by atoms with E-state index in [-0.39, 0.29) is 11.9 Å². The summed E-state index contributed by atoms with van der Waals surface area (Å²) in [5.41, 5.74) is 0.612. The first kappa shape index (κ1) is 16.4. The molecule has 1 unspecified atom stereocenters. The quantitative estimate of drug-likeness (QED) is 0.722. The number of hydrogen-bond acceptors (Lipinski definition) is 6. The Bertz CT molecular complexity index is 672. The van der Waals surface area contributed by atoms with Gasteiger partial charge in [0, 0.05) is 6.54 Å². The fourth-order valence-electron chi connectivity index (χ4n) is 2.95. The zero-order valence-electron chi connectivity index (χ0n) is 13.7. The molecule has 2 aliphatic heterocycles. The number of carbonyl (C=O) groups is 1. The smallest absolute Gasteiger partial charge is 0.302 e. The molecule has 8 heteroatoms. The van der Waals surface area contributed by atoms with Crippen LogP contribution in [0.3, 0.4) is 0 Å². The van der Waals surface area contributed by atoms with E-state index in [1.54, 1.807) is 12.3 Å². The van der Waals surface area contributed by atoms with E-state index in [1.807, 2.05) is 17.8 Å². The molecule has 1 aromatic rings. The Hall–Kier alpha value is -2.48. The number of hydrogen-bond donors (Lipinski definition) is 3. The topological polar surface area (TPSA) is 104 Å². The third-order valence-corrected chi connectivity index (χ3v) is 4.22. The summed E-state index contributed by atoms with van der Waals surface area (Å²) < 4.78 is 7.56.